The first-order valence-electron chi connectivity index (χ1n) is 5.77. The summed E-state index contributed by atoms with van der Waals surface area (Å²) in [6.07, 6.45) is 0. The molecule has 0 unspecified atom stereocenters. The lowest BCUT2D eigenvalue weighted by Gasteiger charge is -2.26. The van der Waals surface area contributed by atoms with E-state index in [4.69, 9.17) is 9.84 Å². The van der Waals surface area contributed by atoms with E-state index < -0.39 is 20.7 Å². The summed E-state index contributed by atoms with van der Waals surface area (Å²) in [5.41, 5.74) is 0.337. The Kier molecular flexibility index (Phi) is 4.48. The number of nitrogens with zero attached hydrogens (tertiary/aromatic N) is 1. The van der Waals surface area contributed by atoms with Gasteiger partial charge in [0.2, 0.25) is 0 Å². The summed E-state index contributed by atoms with van der Waals surface area (Å²) in [5, 5.41) is 10.4. The number of aliphatic hydroxyl groups excluding tert-OH is 1. The Balaban J connectivity index is 2.23. The van der Waals surface area contributed by atoms with E-state index in [1.807, 2.05) is 0 Å². The monoisotopic (exact) mass is 290 g/mol. The van der Waals surface area contributed by atoms with Crippen molar-refractivity contribution in [3.63, 3.8) is 0 Å². The summed E-state index contributed by atoms with van der Waals surface area (Å²) in [5.74, 6) is -0.849. The number of ether oxygens (including phenoxy) is 1. The van der Waals surface area contributed by atoms with Crippen LogP contribution in [0.4, 0.5) is 4.39 Å². The Morgan fingerprint density at radius 2 is 2.05 bits per heavy atom. The number of hydrogen-bond donors (Lipinski definition) is 2. The van der Waals surface area contributed by atoms with Crippen LogP contribution in [0.15, 0.2) is 23.1 Å². The van der Waals surface area contributed by atoms with Gasteiger partial charge in [0.15, 0.2) is 0 Å². The zero-order chi connectivity index (χ0) is 13.9. The van der Waals surface area contributed by atoms with E-state index in [0.29, 0.717) is 31.9 Å². The second-order valence-electron chi connectivity index (χ2n) is 4.12. The van der Waals surface area contributed by atoms with Crippen LogP contribution >= 0.6 is 0 Å². The maximum absolute atomic E-state index is 13.6. The Bertz CT molecular complexity index is 544. The predicted octanol–water partition coefficient (Wildman–Crippen LogP) is -0.156. The number of nitrogens with one attached hydrogen (secondary N) is 1. The topological polar surface area (TPSA) is 78.9 Å². The van der Waals surface area contributed by atoms with Gasteiger partial charge in [0.25, 0.3) is 10.0 Å². The van der Waals surface area contributed by atoms with Crippen molar-refractivity contribution in [2.75, 3.05) is 26.3 Å². The van der Waals surface area contributed by atoms with Crippen molar-refractivity contribution >= 4 is 10.0 Å². The fraction of sp³-hybridized carbons (Fsp3) is 0.455. The Morgan fingerprint density at radius 3 is 2.68 bits per heavy atom. The van der Waals surface area contributed by atoms with E-state index in [-0.39, 0.29) is 6.61 Å². The third kappa shape index (κ3) is 3.48. The number of sulfonamides is 1. The summed E-state index contributed by atoms with van der Waals surface area (Å²) >= 11 is 0. The number of benzene rings is 1. The molecule has 2 rings (SSSR count). The van der Waals surface area contributed by atoms with Gasteiger partial charge in [-0.15, -0.1) is 4.83 Å². The Labute approximate surface area is 110 Å². The maximum atomic E-state index is 13.6. The largest absolute Gasteiger partial charge is 0.392 e. The van der Waals surface area contributed by atoms with Gasteiger partial charge in [-0.2, -0.15) is 0 Å². The van der Waals surface area contributed by atoms with Crippen LogP contribution in [0, 0.1) is 5.82 Å². The first kappa shape index (κ1) is 14.4. The number of hydrogen-bond acceptors (Lipinski definition) is 5. The molecule has 0 amide bonds. The minimum Gasteiger partial charge on any atom is -0.392 e. The first-order valence-corrected chi connectivity index (χ1v) is 7.25. The molecule has 0 spiro atoms. The van der Waals surface area contributed by atoms with Crippen molar-refractivity contribution in [3.05, 3.63) is 29.6 Å². The van der Waals surface area contributed by atoms with Gasteiger partial charge in [0.05, 0.1) is 19.8 Å². The molecule has 0 atom stereocenters. The van der Waals surface area contributed by atoms with Gasteiger partial charge in [0.1, 0.15) is 10.7 Å². The summed E-state index contributed by atoms with van der Waals surface area (Å²) in [6, 6.07) is 3.49. The zero-order valence-corrected chi connectivity index (χ0v) is 11.0. The second kappa shape index (κ2) is 5.93. The van der Waals surface area contributed by atoms with Crippen molar-refractivity contribution in [1.82, 2.24) is 9.84 Å². The first-order chi connectivity index (χ1) is 9.03. The highest BCUT2D eigenvalue weighted by atomic mass is 32.2. The highest BCUT2D eigenvalue weighted by Gasteiger charge is 2.23. The summed E-state index contributed by atoms with van der Waals surface area (Å²) in [7, 11) is -3.99. The van der Waals surface area contributed by atoms with Gasteiger partial charge in [0, 0.05) is 13.1 Å². The molecule has 19 heavy (non-hydrogen) atoms. The molecule has 1 aliphatic heterocycles. The van der Waals surface area contributed by atoms with Crippen molar-refractivity contribution in [2.24, 2.45) is 0 Å². The van der Waals surface area contributed by atoms with Crippen LogP contribution in [0.25, 0.3) is 0 Å². The highest BCUT2D eigenvalue weighted by molar-refractivity contribution is 7.89. The van der Waals surface area contributed by atoms with E-state index in [1.54, 1.807) is 0 Å². The van der Waals surface area contributed by atoms with Gasteiger partial charge in [-0.05, 0) is 17.7 Å². The molecule has 1 heterocycles. The molecule has 1 fully saturated rings. The molecular weight excluding hydrogens is 275 g/mol. The van der Waals surface area contributed by atoms with E-state index in [0.717, 1.165) is 12.1 Å². The summed E-state index contributed by atoms with van der Waals surface area (Å²) in [6.45, 7) is 1.30. The molecule has 0 saturated carbocycles. The quantitative estimate of drug-likeness (QED) is 0.806. The maximum Gasteiger partial charge on any atom is 0.256 e. The standard InChI is InChI=1S/C11H15FN2O4S/c12-10-2-1-9(8-15)7-11(10)19(16,17)13-14-3-5-18-6-4-14/h1-2,7,13,15H,3-6,8H2. The lowest BCUT2D eigenvalue weighted by Crippen LogP contribution is -2.48. The van der Waals surface area contributed by atoms with Crippen LogP contribution in [0.1, 0.15) is 5.56 Å². The highest BCUT2D eigenvalue weighted by Crippen LogP contribution is 2.17. The van der Waals surface area contributed by atoms with Crippen molar-refractivity contribution in [1.29, 1.82) is 0 Å². The molecule has 1 aliphatic rings. The van der Waals surface area contributed by atoms with Gasteiger partial charge in [-0.25, -0.2) is 17.8 Å². The number of rotatable bonds is 4. The van der Waals surface area contributed by atoms with Crippen molar-refractivity contribution in [2.45, 2.75) is 11.5 Å². The minimum atomic E-state index is -3.99. The van der Waals surface area contributed by atoms with Crippen LogP contribution in [0.5, 0.6) is 0 Å². The molecule has 0 bridgehead atoms. The van der Waals surface area contributed by atoms with Gasteiger partial charge in [-0.1, -0.05) is 6.07 Å². The van der Waals surface area contributed by atoms with E-state index in [9.17, 15) is 12.8 Å². The zero-order valence-electron chi connectivity index (χ0n) is 10.2. The molecule has 1 saturated heterocycles. The number of morpholine rings is 1. The van der Waals surface area contributed by atoms with E-state index >= 15 is 0 Å². The molecule has 106 valence electrons. The van der Waals surface area contributed by atoms with E-state index in [1.165, 1.54) is 11.1 Å². The lowest BCUT2D eigenvalue weighted by atomic mass is 10.2. The molecule has 1 aromatic carbocycles. The fourth-order valence-electron chi connectivity index (χ4n) is 1.73. The molecule has 2 N–H and O–H groups in total. The fourth-order valence-corrected chi connectivity index (χ4v) is 2.98. The third-order valence-corrected chi connectivity index (χ3v) is 4.12. The van der Waals surface area contributed by atoms with Crippen LogP contribution in [-0.2, 0) is 21.4 Å². The van der Waals surface area contributed by atoms with Crippen LogP contribution < -0.4 is 4.83 Å². The average Bonchev–Trinajstić information content (AvgIpc) is 2.39. The normalized spacial score (nSPS) is 17.6. The predicted molar refractivity (Wildman–Crippen MR) is 65.0 cm³/mol. The summed E-state index contributed by atoms with van der Waals surface area (Å²) in [4.78, 5) is 1.84. The molecule has 0 aromatic heterocycles. The molecule has 0 radical (unpaired) electrons. The smallest absolute Gasteiger partial charge is 0.256 e. The Morgan fingerprint density at radius 1 is 1.37 bits per heavy atom. The molecule has 6 nitrogen and oxygen atoms in total. The van der Waals surface area contributed by atoms with E-state index in [2.05, 4.69) is 4.83 Å². The third-order valence-electron chi connectivity index (χ3n) is 2.73. The second-order valence-corrected chi connectivity index (χ2v) is 5.75. The molecule has 8 heteroatoms. The van der Waals surface area contributed by atoms with Crippen molar-refractivity contribution < 1.29 is 22.7 Å². The van der Waals surface area contributed by atoms with Crippen molar-refractivity contribution in [3.8, 4) is 0 Å². The molecule has 1 aromatic rings. The average molecular weight is 290 g/mol. The van der Waals surface area contributed by atoms with Gasteiger partial charge in [-0.3, -0.25) is 0 Å². The van der Waals surface area contributed by atoms with Crippen LogP contribution in [0.2, 0.25) is 0 Å². The van der Waals surface area contributed by atoms with Crippen LogP contribution in [0.3, 0.4) is 0 Å². The molecular formula is C11H15FN2O4S. The van der Waals surface area contributed by atoms with Gasteiger partial charge < -0.3 is 9.84 Å². The van der Waals surface area contributed by atoms with Gasteiger partial charge >= 0.3 is 0 Å². The summed E-state index contributed by atoms with van der Waals surface area (Å²) < 4.78 is 42.9. The number of halogens is 1. The lowest BCUT2D eigenvalue weighted by molar-refractivity contribution is 0.0272. The van der Waals surface area contributed by atoms with Crippen LogP contribution in [-0.4, -0.2) is 44.8 Å². The minimum absolute atomic E-state index is 0.337. The number of hydrazine groups is 1. The SMILES string of the molecule is O=S(=O)(NN1CCOCC1)c1cc(CO)ccc1F. The molecule has 0 aliphatic carbocycles. The number of aliphatic hydroxyl groups is 1. The Hall–Kier alpha value is -1.06.